The monoisotopic (exact) mass is 209 g/mol. The third-order valence-corrected chi connectivity index (χ3v) is 2.81. The van der Waals surface area contributed by atoms with Crippen molar-refractivity contribution in [2.45, 2.75) is 6.42 Å². The van der Waals surface area contributed by atoms with Crippen LogP contribution in [-0.2, 0) is 4.79 Å². The molecule has 72 valence electrons. The van der Waals surface area contributed by atoms with E-state index in [0.29, 0.717) is 12.1 Å². The molecule has 0 unspecified atom stereocenters. The normalized spacial score (nSPS) is 15.1. The molecule has 5 heteroatoms. The van der Waals surface area contributed by atoms with Gasteiger partial charge >= 0.3 is 5.97 Å². The van der Waals surface area contributed by atoms with Crippen LogP contribution in [0.5, 0.6) is 0 Å². The lowest BCUT2D eigenvalue weighted by Gasteiger charge is -2.12. The second kappa shape index (κ2) is 3.26. The first kappa shape index (κ1) is 8.96. The molecule has 0 aromatic carbocycles. The molecular formula is C9H7NO3S. The number of rotatable bonds is 2. The highest BCUT2D eigenvalue weighted by atomic mass is 32.1. The first-order chi connectivity index (χ1) is 6.70. The number of nitrogens with zero attached hydrogens (tertiary/aromatic N) is 1. The maximum absolute atomic E-state index is 11.3. The molecule has 1 N–H and O–H groups in total. The second-order valence-corrected chi connectivity index (χ2v) is 3.71. The first-order valence-corrected chi connectivity index (χ1v) is 4.87. The molecule has 0 atom stereocenters. The maximum atomic E-state index is 11.3. The number of aromatic carboxylic acids is 1. The molecule has 1 aromatic rings. The molecule has 14 heavy (non-hydrogen) atoms. The van der Waals surface area contributed by atoms with Gasteiger partial charge in [-0.1, -0.05) is 6.08 Å². The van der Waals surface area contributed by atoms with Gasteiger partial charge in [-0.25, -0.2) is 4.79 Å². The molecular weight excluding hydrogens is 202 g/mol. The zero-order valence-electron chi connectivity index (χ0n) is 7.14. The van der Waals surface area contributed by atoms with Gasteiger partial charge in [-0.2, -0.15) is 0 Å². The minimum absolute atomic E-state index is 0.0918. The topological polar surface area (TPSA) is 57.6 Å². The number of hydrogen-bond acceptors (Lipinski definition) is 3. The summed E-state index contributed by atoms with van der Waals surface area (Å²) in [4.78, 5) is 23.7. The Morgan fingerprint density at radius 1 is 1.57 bits per heavy atom. The van der Waals surface area contributed by atoms with Gasteiger partial charge in [0.25, 0.3) is 0 Å². The second-order valence-electron chi connectivity index (χ2n) is 2.79. The fourth-order valence-electron chi connectivity index (χ4n) is 1.31. The fraction of sp³-hybridized carbons (Fsp3) is 0.111. The lowest BCUT2D eigenvalue weighted by Crippen LogP contribution is -2.20. The summed E-state index contributed by atoms with van der Waals surface area (Å²) in [5.74, 6) is -1.09. The van der Waals surface area contributed by atoms with Crippen molar-refractivity contribution in [3.05, 3.63) is 28.6 Å². The molecule has 0 saturated carbocycles. The van der Waals surface area contributed by atoms with Crippen LogP contribution in [0, 0.1) is 0 Å². The van der Waals surface area contributed by atoms with E-state index in [1.165, 1.54) is 4.90 Å². The highest BCUT2D eigenvalue weighted by Crippen LogP contribution is 2.28. The Labute approximate surface area is 84.1 Å². The van der Waals surface area contributed by atoms with Gasteiger partial charge < -0.3 is 5.11 Å². The van der Waals surface area contributed by atoms with E-state index in [-0.39, 0.29) is 10.8 Å². The number of hydrogen-bond donors (Lipinski definition) is 1. The number of carboxylic acids is 1. The summed E-state index contributed by atoms with van der Waals surface area (Å²) in [7, 11) is 0. The van der Waals surface area contributed by atoms with Crippen LogP contribution in [0.15, 0.2) is 23.7 Å². The molecule has 1 aromatic heterocycles. The van der Waals surface area contributed by atoms with E-state index in [4.69, 9.17) is 5.11 Å². The van der Waals surface area contributed by atoms with E-state index >= 15 is 0 Å². The quantitative estimate of drug-likeness (QED) is 0.806. The van der Waals surface area contributed by atoms with Crippen LogP contribution in [0.2, 0.25) is 0 Å². The zero-order chi connectivity index (χ0) is 10.1. The predicted molar refractivity (Wildman–Crippen MR) is 52.5 cm³/mol. The fourth-order valence-corrected chi connectivity index (χ4v) is 2.03. The number of thiophene rings is 1. The highest BCUT2D eigenvalue weighted by molar-refractivity contribution is 7.12. The van der Waals surface area contributed by atoms with Crippen molar-refractivity contribution in [2.75, 3.05) is 4.90 Å². The van der Waals surface area contributed by atoms with Gasteiger partial charge in [-0.3, -0.25) is 9.69 Å². The minimum atomic E-state index is -0.997. The van der Waals surface area contributed by atoms with Crippen LogP contribution in [0.25, 0.3) is 0 Å². The van der Waals surface area contributed by atoms with Crippen molar-refractivity contribution < 1.29 is 14.7 Å². The molecule has 1 aliphatic rings. The molecule has 4 nitrogen and oxygen atoms in total. The largest absolute Gasteiger partial charge is 0.477 e. The smallest absolute Gasteiger partial charge is 0.348 e. The summed E-state index contributed by atoms with van der Waals surface area (Å²) < 4.78 is 0. The Balaban J connectivity index is 2.41. The lowest BCUT2D eigenvalue weighted by molar-refractivity contribution is -0.116. The van der Waals surface area contributed by atoms with E-state index in [2.05, 4.69) is 0 Å². The standard InChI is InChI=1S/C9H7NO3S/c11-7-2-1-4-10(7)6-3-5-14-8(6)9(12)13/h1,3-5H,2H2,(H,12,13). The third kappa shape index (κ3) is 1.31. The summed E-state index contributed by atoms with van der Waals surface area (Å²) in [5, 5.41) is 10.5. The van der Waals surface area contributed by atoms with Crippen molar-refractivity contribution in [2.24, 2.45) is 0 Å². The number of carbonyl (C=O) groups is 2. The van der Waals surface area contributed by atoms with Gasteiger partial charge in [0.05, 0.1) is 5.69 Å². The van der Waals surface area contributed by atoms with Crippen LogP contribution in [0.4, 0.5) is 5.69 Å². The lowest BCUT2D eigenvalue weighted by atomic mass is 10.3. The van der Waals surface area contributed by atoms with Crippen LogP contribution in [0.1, 0.15) is 16.1 Å². The number of carboxylic acid groups (broad SMARTS) is 1. The van der Waals surface area contributed by atoms with Crippen molar-refractivity contribution in [1.82, 2.24) is 0 Å². The van der Waals surface area contributed by atoms with Gasteiger partial charge in [0.1, 0.15) is 4.88 Å². The molecule has 1 aliphatic heterocycles. The third-order valence-electron chi connectivity index (χ3n) is 1.91. The van der Waals surface area contributed by atoms with E-state index in [1.54, 1.807) is 23.7 Å². The molecule has 2 heterocycles. The average molecular weight is 209 g/mol. The van der Waals surface area contributed by atoms with E-state index < -0.39 is 5.97 Å². The maximum Gasteiger partial charge on any atom is 0.348 e. The van der Waals surface area contributed by atoms with Crippen molar-refractivity contribution in [1.29, 1.82) is 0 Å². The Hall–Kier alpha value is -1.62. The van der Waals surface area contributed by atoms with E-state index in [0.717, 1.165) is 11.3 Å². The minimum Gasteiger partial charge on any atom is -0.477 e. The molecule has 2 rings (SSSR count). The van der Waals surface area contributed by atoms with Gasteiger partial charge in [0, 0.05) is 12.6 Å². The van der Waals surface area contributed by atoms with Crippen LogP contribution >= 0.6 is 11.3 Å². The molecule has 0 aliphatic carbocycles. The van der Waals surface area contributed by atoms with Crippen LogP contribution < -0.4 is 4.90 Å². The van der Waals surface area contributed by atoms with Crippen molar-refractivity contribution in [3.63, 3.8) is 0 Å². The van der Waals surface area contributed by atoms with Gasteiger partial charge in [0.15, 0.2) is 0 Å². The predicted octanol–water partition coefficient (Wildman–Crippen LogP) is 1.70. The van der Waals surface area contributed by atoms with E-state index in [1.807, 2.05) is 0 Å². The molecule has 0 radical (unpaired) electrons. The molecule has 0 fully saturated rings. The molecule has 0 bridgehead atoms. The summed E-state index contributed by atoms with van der Waals surface area (Å²) in [5.41, 5.74) is 0.459. The summed E-state index contributed by atoms with van der Waals surface area (Å²) in [6.07, 6.45) is 3.66. The number of carbonyl (C=O) groups excluding carboxylic acids is 1. The summed E-state index contributed by atoms with van der Waals surface area (Å²) in [6.45, 7) is 0. The first-order valence-electron chi connectivity index (χ1n) is 3.99. The molecule has 0 spiro atoms. The van der Waals surface area contributed by atoms with Crippen LogP contribution in [-0.4, -0.2) is 17.0 Å². The molecule has 1 amide bonds. The number of anilines is 1. The van der Waals surface area contributed by atoms with Gasteiger partial charge in [0.2, 0.25) is 5.91 Å². The zero-order valence-corrected chi connectivity index (χ0v) is 7.95. The Kier molecular flexibility index (Phi) is 2.09. The summed E-state index contributed by atoms with van der Waals surface area (Å²) in [6, 6.07) is 1.64. The highest BCUT2D eigenvalue weighted by Gasteiger charge is 2.23. The Bertz CT molecular complexity index is 421. The van der Waals surface area contributed by atoms with Gasteiger partial charge in [-0.15, -0.1) is 11.3 Å². The van der Waals surface area contributed by atoms with Crippen molar-refractivity contribution in [3.8, 4) is 0 Å². The summed E-state index contributed by atoms with van der Waals surface area (Å²) >= 11 is 1.12. The SMILES string of the molecule is O=C(O)c1sccc1N1C=CCC1=O. The Morgan fingerprint density at radius 2 is 2.36 bits per heavy atom. The molecule has 0 saturated heterocycles. The number of amides is 1. The van der Waals surface area contributed by atoms with Crippen molar-refractivity contribution >= 4 is 28.9 Å². The van der Waals surface area contributed by atoms with Gasteiger partial charge in [-0.05, 0) is 11.4 Å². The Morgan fingerprint density at radius 3 is 2.93 bits per heavy atom. The van der Waals surface area contributed by atoms with Crippen LogP contribution in [0.3, 0.4) is 0 Å². The van der Waals surface area contributed by atoms with E-state index in [9.17, 15) is 9.59 Å². The average Bonchev–Trinajstić information content (AvgIpc) is 2.70.